The van der Waals surface area contributed by atoms with E-state index in [1.165, 1.54) is 24.7 Å². The molecule has 0 aliphatic rings. The number of aryl methyl sites for hydroxylation is 1. The van der Waals surface area contributed by atoms with Gasteiger partial charge in [-0.2, -0.15) is 5.10 Å². The molecule has 0 fully saturated rings. The Balaban J connectivity index is 2.21. The number of pyridine rings is 1. The van der Waals surface area contributed by atoms with Gasteiger partial charge in [-0.05, 0) is 11.8 Å². The minimum atomic E-state index is -1.10. The van der Waals surface area contributed by atoms with Gasteiger partial charge in [0.2, 0.25) is 0 Å². The Morgan fingerprint density at radius 3 is 2.90 bits per heavy atom. The van der Waals surface area contributed by atoms with Crippen molar-refractivity contribution in [1.82, 2.24) is 24.7 Å². The summed E-state index contributed by atoms with van der Waals surface area (Å²) in [6.07, 6.45) is 4.18. The number of fused-ring (bicyclic) bond motifs is 1. The van der Waals surface area contributed by atoms with Gasteiger partial charge in [0.1, 0.15) is 0 Å². The van der Waals surface area contributed by atoms with Crippen molar-refractivity contribution in [1.29, 1.82) is 0 Å². The molecule has 3 aromatic rings. The molecule has 3 aromatic heterocycles. The Hall–Kier alpha value is -2.68. The first-order chi connectivity index (χ1) is 10.1. The van der Waals surface area contributed by atoms with Crippen LogP contribution in [-0.2, 0) is 7.05 Å². The Morgan fingerprint density at radius 2 is 2.19 bits per heavy atom. The van der Waals surface area contributed by atoms with Gasteiger partial charge in [0.15, 0.2) is 10.8 Å². The Morgan fingerprint density at radius 1 is 1.38 bits per heavy atom. The summed E-state index contributed by atoms with van der Waals surface area (Å²) in [4.78, 5) is 33.8. The zero-order chi connectivity index (χ0) is 15.0. The predicted molar refractivity (Wildman–Crippen MR) is 74.4 cm³/mol. The number of carboxylic acid groups (broad SMARTS) is 1. The molecule has 3 heterocycles. The summed E-state index contributed by atoms with van der Waals surface area (Å²) in [7, 11) is 1.72. The number of aromatic carboxylic acids is 1. The van der Waals surface area contributed by atoms with Crippen LogP contribution in [0.25, 0.3) is 11.0 Å². The van der Waals surface area contributed by atoms with Crippen molar-refractivity contribution in [3.63, 3.8) is 0 Å². The maximum atomic E-state index is 11.4. The van der Waals surface area contributed by atoms with Crippen molar-refractivity contribution in [2.75, 3.05) is 0 Å². The zero-order valence-electron chi connectivity index (χ0n) is 10.8. The standard InChI is InChI=1S/C12H9N5O3S/c1-17-10-6(5-15-17)9(7(4-14-10)11(19)20)21-12-13-3-2-8(18)16-12/h2-5H,1H3,(H,19,20)(H,13,16,18). The fourth-order valence-corrected chi connectivity index (χ4v) is 2.80. The molecular formula is C12H9N5O3S. The Labute approximate surface area is 121 Å². The van der Waals surface area contributed by atoms with E-state index < -0.39 is 5.97 Å². The van der Waals surface area contributed by atoms with Gasteiger partial charge in [-0.3, -0.25) is 9.48 Å². The highest BCUT2D eigenvalue weighted by atomic mass is 32.2. The number of hydrogen-bond donors (Lipinski definition) is 2. The first-order valence-corrected chi connectivity index (χ1v) is 6.65. The number of aromatic nitrogens is 5. The number of carboxylic acids is 1. The molecule has 0 saturated heterocycles. The third-order valence-corrected chi connectivity index (χ3v) is 3.83. The lowest BCUT2D eigenvalue weighted by molar-refractivity contribution is 0.0693. The average Bonchev–Trinajstić information content (AvgIpc) is 2.81. The number of rotatable bonds is 3. The van der Waals surface area contributed by atoms with E-state index in [2.05, 4.69) is 20.1 Å². The molecule has 0 atom stereocenters. The molecule has 0 aliphatic carbocycles. The van der Waals surface area contributed by atoms with E-state index >= 15 is 0 Å². The summed E-state index contributed by atoms with van der Waals surface area (Å²) in [5, 5.41) is 14.3. The van der Waals surface area contributed by atoms with Crippen molar-refractivity contribution in [3.05, 3.63) is 40.6 Å². The van der Waals surface area contributed by atoms with E-state index in [1.54, 1.807) is 11.7 Å². The van der Waals surface area contributed by atoms with Gasteiger partial charge in [-0.15, -0.1) is 0 Å². The quantitative estimate of drug-likeness (QED) is 0.691. The third kappa shape index (κ3) is 2.38. The summed E-state index contributed by atoms with van der Waals surface area (Å²) in [6, 6.07) is 1.29. The number of H-pyrrole nitrogens is 1. The van der Waals surface area contributed by atoms with Crippen molar-refractivity contribution >= 4 is 28.8 Å². The number of hydrogen-bond acceptors (Lipinski definition) is 6. The van der Waals surface area contributed by atoms with E-state index in [-0.39, 0.29) is 11.1 Å². The van der Waals surface area contributed by atoms with Crippen LogP contribution in [0.5, 0.6) is 0 Å². The number of carbonyl (C=O) groups is 1. The molecule has 0 bridgehead atoms. The fourth-order valence-electron chi connectivity index (χ4n) is 1.84. The minimum absolute atomic E-state index is 0.0343. The highest BCUT2D eigenvalue weighted by molar-refractivity contribution is 7.99. The van der Waals surface area contributed by atoms with Crippen LogP contribution in [0.15, 0.2) is 39.5 Å². The summed E-state index contributed by atoms with van der Waals surface area (Å²) < 4.78 is 1.55. The highest BCUT2D eigenvalue weighted by Crippen LogP contribution is 2.33. The molecule has 0 aromatic carbocycles. The van der Waals surface area contributed by atoms with Crippen LogP contribution >= 0.6 is 11.8 Å². The monoisotopic (exact) mass is 303 g/mol. The van der Waals surface area contributed by atoms with Crippen molar-refractivity contribution in [2.24, 2.45) is 7.05 Å². The predicted octanol–water partition coefficient (Wildman–Crippen LogP) is 0.901. The molecule has 0 saturated carbocycles. The summed E-state index contributed by atoms with van der Waals surface area (Å²) >= 11 is 1.06. The van der Waals surface area contributed by atoms with Crippen molar-refractivity contribution in [2.45, 2.75) is 10.1 Å². The van der Waals surface area contributed by atoms with Crippen LogP contribution in [0.1, 0.15) is 10.4 Å². The molecule has 8 nitrogen and oxygen atoms in total. The maximum Gasteiger partial charge on any atom is 0.338 e. The summed E-state index contributed by atoms with van der Waals surface area (Å²) in [5.41, 5.74) is 0.286. The number of aromatic amines is 1. The van der Waals surface area contributed by atoms with Crippen molar-refractivity contribution < 1.29 is 9.90 Å². The van der Waals surface area contributed by atoms with E-state index in [0.717, 1.165) is 11.8 Å². The van der Waals surface area contributed by atoms with E-state index in [9.17, 15) is 14.7 Å². The van der Waals surface area contributed by atoms with Gasteiger partial charge in [0.25, 0.3) is 5.56 Å². The molecule has 0 spiro atoms. The van der Waals surface area contributed by atoms with Crippen LogP contribution in [-0.4, -0.2) is 35.8 Å². The Kier molecular flexibility index (Phi) is 3.18. The van der Waals surface area contributed by atoms with Crippen LogP contribution < -0.4 is 5.56 Å². The molecule has 0 aliphatic heterocycles. The highest BCUT2D eigenvalue weighted by Gasteiger charge is 2.18. The lowest BCUT2D eigenvalue weighted by Gasteiger charge is -2.06. The lowest BCUT2D eigenvalue weighted by Crippen LogP contribution is -2.06. The number of nitrogens with one attached hydrogen (secondary N) is 1. The topological polar surface area (TPSA) is 114 Å². The van der Waals surface area contributed by atoms with Crippen LogP contribution in [0, 0.1) is 0 Å². The van der Waals surface area contributed by atoms with Gasteiger partial charge in [-0.1, -0.05) is 0 Å². The molecule has 2 N–H and O–H groups in total. The van der Waals surface area contributed by atoms with Gasteiger partial charge >= 0.3 is 5.97 Å². The van der Waals surface area contributed by atoms with E-state index in [1.807, 2.05) is 0 Å². The molecule has 9 heteroatoms. The van der Waals surface area contributed by atoms with Gasteiger partial charge < -0.3 is 10.1 Å². The normalized spacial score (nSPS) is 10.9. The van der Waals surface area contributed by atoms with Gasteiger partial charge in [0.05, 0.1) is 17.1 Å². The van der Waals surface area contributed by atoms with Crippen LogP contribution in [0.4, 0.5) is 0 Å². The van der Waals surface area contributed by atoms with Gasteiger partial charge in [0, 0.05) is 30.4 Å². The zero-order valence-corrected chi connectivity index (χ0v) is 11.6. The third-order valence-electron chi connectivity index (χ3n) is 2.79. The summed E-state index contributed by atoms with van der Waals surface area (Å²) in [6.45, 7) is 0. The lowest BCUT2D eigenvalue weighted by atomic mass is 10.2. The molecule has 21 heavy (non-hydrogen) atoms. The second kappa shape index (κ2) is 5.02. The second-order valence-corrected chi connectivity index (χ2v) is 5.15. The fraction of sp³-hybridized carbons (Fsp3) is 0.0833. The van der Waals surface area contributed by atoms with Gasteiger partial charge in [-0.25, -0.2) is 14.8 Å². The van der Waals surface area contributed by atoms with Crippen LogP contribution in [0.2, 0.25) is 0 Å². The first-order valence-electron chi connectivity index (χ1n) is 5.83. The minimum Gasteiger partial charge on any atom is -0.478 e. The first kappa shape index (κ1) is 13.3. The Bertz CT molecular complexity index is 901. The molecule has 0 amide bonds. The van der Waals surface area contributed by atoms with Crippen LogP contribution in [0.3, 0.4) is 0 Å². The number of nitrogens with zero attached hydrogens (tertiary/aromatic N) is 4. The molecule has 3 rings (SSSR count). The molecule has 0 unspecified atom stereocenters. The molecule has 0 radical (unpaired) electrons. The van der Waals surface area contributed by atoms with E-state index in [4.69, 9.17) is 0 Å². The smallest absolute Gasteiger partial charge is 0.338 e. The molecule has 106 valence electrons. The SMILES string of the molecule is Cn1ncc2c(Sc3nccc(=O)[nH]3)c(C(=O)O)cnc21. The van der Waals surface area contributed by atoms with E-state index in [0.29, 0.717) is 21.1 Å². The maximum absolute atomic E-state index is 11.4. The average molecular weight is 303 g/mol. The van der Waals surface area contributed by atoms with Crippen molar-refractivity contribution in [3.8, 4) is 0 Å². The largest absolute Gasteiger partial charge is 0.478 e. The summed E-state index contributed by atoms with van der Waals surface area (Å²) in [5.74, 6) is -1.10. The molecular weight excluding hydrogens is 294 g/mol. The second-order valence-electron chi connectivity index (χ2n) is 4.15.